The van der Waals surface area contributed by atoms with Crippen molar-refractivity contribution in [3.05, 3.63) is 33.2 Å². The topological polar surface area (TPSA) is 59.8 Å². The van der Waals surface area contributed by atoms with Crippen molar-refractivity contribution >= 4 is 10.9 Å². The Morgan fingerprint density at radius 1 is 1.15 bits per heavy atom. The van der Waals surface area contributed by atoms with Crippen LogP contribution in [0.3, 0.4) is 0 Å². The second-order valence-electron chi connectivity index (χ2n) is 2.96. The smallest absolute Gasteiger partial charge is 0.330 e. The van der Waals surface area contributed by atoms with E-state index in [1.165, 1.54) is 11.6 Å². The molecule has 0 spiro atoms. The molecular weight excluding hydrogens is 170 g/mol. The van der Waals surface area contributed by atoms with Crippen LogP contribution in [-0.4, -0.2) is 14.1 Å². The fourth-order valence-electron chi connectivity index (χ4n) is 1.40. The van der Waals surface area contributed by atoms with Crippen molar-refractivity contribution in [1.29, 1.82) is 0 Å². The van der Waals surface area contributed by atoms with E-state index in [4.69, 9.17) is 0 Å². The zero-order valence-corrected chi connectivity index (χ0v) is 7.37. The maximum absolute atomic E-state index is 11.5. The van der Waals surface area contributed by atoms with Gasteiger partial charge in [0.25, 0.3) is 5.56 Å². The van der Waals surface area contributed by atoms with Crippen LogP contribution in [0, 0.1) is 0 Å². The molecule has 0 aromatic carbocycles. The van der Waals surface area contributed by atoms with Crippen molar-refractivity contribution < 1.29 is 0 Å². The van der Waals surface area contributed by atoms with Crippen LogP contribution in [0.5, 0.6) is 0 Å². The highest BCUT2D eigenvalue weighted by Crippen LogP contribution is 2.03. The summed E-state index contributed by atoms with van der Waals surface area (Å²) < 4.78 is 2.53. The van der Waals surface area contributed by atoms with Crippen LogP contribution in [0.4, 0.5) is 0 Å². The fraction of sp³-hybridized carbons (Fsp3) is 0.250. The molecule has 0 saturated carbocycles. The van der Waals surface area contributed by atoms with E-state index in [9.17, 15) is 9.59 Å². The SMILES string of the molecule is Cn1c(=O)c2c[nH]cc2n(C)c1=O. The monoisotopic (exact) mass is 179 g/mol. The van der Waals surface area contributed by atoms with E-state index in [0.717, 1.165) is 4.57 Å². The van der Waals surface area contributed by atoms with Gasteiger partial charge in [-0.25, -0.2) is 4.79 Å². The standard InChI is InChI=1S/C8H9N3O2/c1-10-6-4-9-3-5(6)7(12)11(2)8(10)13/h3-4,9H,1-2H3. The summed E-state index contributed by atoms with van der Waals surface area (Å²) in [6, 6.07) is 0. The summed E-state index contributed by atoms with van der Waals surface area (Å²) in [5.74, 6) is 0. The van der Waals surface area contributed by atoms with Crippen molar-refractivity contribution in [2.45, 2.75) is 0 Å². The van der Waals surface area contributed by atoms with Gasteiger partial charge in [-0.1, -0.05) is 0 Å². The van der Waals surface area contributed by atoms with Gasteiger partial charge in [0.1, 0.15) is 0 Å². The van der Waals surface area contributed by atoms with Crippen LogP contribution in [-0.2, 0) is 14.1 Å². The minimum atomic E-state index is -0.308. The van der Waals surface area contributed by atoms with Gasteiger partial charge in [-0.3, -0.25) is 13.9 Å². The van der Waals surface area contributed by atoms with Gasteiger partial charge in [0.2, 0.25) is 0 Å². The summed E-state index contributed by atoms with van der Waals surface area (Å²) in [6.45, 7) is 0. The number of nitrogens with zero attached hydrogens (tertiary/aromatic N) is 2. The number of aromatic nitrogens is 3. The molecule has 0 aliphatic rings. The first-order valence-electron chi connectivity index (χ1n) is 3.85. The number of fused-ring (bicyclic) bond motifs is 1. The lowest BCUT2D eigenvalue weighted by atomic mass is 10.4. The quantitative estimate of drug-likeness (QED) is 0.596. The second-order valence-corrected chi connectivity index (χ2v) is 2.96. The number of rotatable bonds is 0. The van der Waals surface area contributed by atoms with Crippen molar-refractivity contribution in [1.82, 2.24) is 14.1 Å². The molecule has 5 heteroatoms. The van der Waals surface area contributed by atoms with Gasteiger partial charge in [0.05, 0.1) is 10.9 Å². The van der Waals surface area contributed by atoms with Crippen LogP contribution in [0.15, 0.2) is 22.0 Å². The van der Waals surface area contributed by atoms with Gasteiger partial charge in [-0.2, -0.15) is 0 Å². The Morgan fingerprint density at radius 3 is 2.54 bits per heavy atom. The third-order valence-electron chi connectivity index (χ3n) is 2.19. The van der Waals surface area contributed by atoms with Gasteiger partial charge < -0.3 is 4.98 Å². The van der Waals surface area contributed by atoms with Crippen LogP contribution in [0.25, 0.3) is 10.9 Å². The molecule has 2 aromatic rings. The molecule has 0 radical (unpaired) electrons. The molecule has 0 fully saturated rings. The van der Waals surface area contributed by atoms with E-state index in [-0.39, 0.29) is 11.2 Å². The Morgan fingerprint density at radius 2 is 1.85 bits per heavy atom. The summed E-state index contributed by atoms with van der Waals surface area (Å²) in [7, 11) is 3.11. The third kappa shape index (κ3) is 0.867. The average molecular weight is 179 g/mol. The van der Waals surface area contributed by atoms with E-state index < -0.39 is 0 Å². The summed E-state index contributed by atoms with van der Waals surface area (Å²) >= 11 is 0. The number of hydrogen-bond acceptors (Lipinski definition) is 2. The van der Waals surface area contributed by atoms with Gasteiger partial charge in [0, 0.05) is 26.5 Å². The molecule has 13 heavy (non-hydrogen) atoms. The Labute approximate surface area is 73.2 Å². The predicted octanol–water partition coefficient (Wildman–Crippen LogP) is -0.435. The summed E-state index contributed by atoms with van der Waals surface area (Å²) in [4.78, 5) is 25.7. The molecule has 2 aromatic heterocycles. The lowest BCUT2D eigenvalue weighted by Gasteiger charge is -2.01. The molecule has 1 N–H and O–H groups in total. The fourth-order valence-corrected chi connectivity index (χ4v) is 1.40. The van der Waals surface area contributed by atoms with Gasteiger partial charge in [-0.15, -0.1) is 0 Å². The van der Waals surface area contributed by atoms with Crippen LogP contribution < -0.4 is 11.2 Å². The molecule has 0 bridgehead atoms. The normalized spacial score (nSPS) is 10.9. The molecule has 0 atom stereocenters. The minimum Gasteiger partial charge on any atom is -0.365 e. The first-order valence-corrected chi connectivity index (χ1v) is 3.85. The van der Waals surface area contributed by atoms with E-state index in [1.54, 1.807) is 19.4 Å². The Hall–Kier alpha value is -1.78. The molecule has 2 rings (SSSR count). The number of aryl methyl sites for hydroxylation is 1. The van der Waals surface area contributed by atoms with Crippen molar-refractivity contribution in [3.63, 3.8) is 0 Å². The predicted molar refractivity (Wildman–Crippen MR) is 48.8 cm³/mol. The van der Waals surface area contributed by atoms with Gasteiger partial charge >= 0.3 is 5.69 Å². The summed E-state index contributed by atoms with van der Waals surface area (Å²) in [5.41, 5.74) is 0.0598. The van der Waals surface area contributed by atoms with Crippen LogP contribution in [0.2, 0.25) is 0 Å². The molecule has 0 aliphatic carbocycles. The Bertz CT molecular complexity index is 573. The van der Waals surface area contributed by atoms with E-state index in [1.807, 2.05) is 0 Å². The second kappa shape index (κ2) is 2.35. The highest BCUT2D eigenvalue weighted by molar-refractivity contribution is 5.77. The van der Waals surface area contributed by atoms with Crippen molar-refractivity contribution in [2.24, 2.45) is 14.1 Å². The zero-order chi connectivity index (χ0) is 9.59. The highest BCUT2D eigenvalue weighted by atomic mass is 16.2. The molecular formula is C8H9N3O2. The first-order chi connectivity index (χ1) is 6.13. The average Bonchev–Trinajstić information content (AvgIpc) is 2.59. The first kappa shape index (κ1) is 7.85. The lowest BCUT2D eigenvalue weighted by Crippen LogP contribution is -2.36. The molecule has 0 amide bonds. The van der Waals surface area contributed by atoms with Crippen LogP contribution >= 0.6 is 0 Å². The molecule has 2 heterocycles. The number of aromatic amines is 1. The minimum absolute atomic E-state index is 0.264. The largest absolute Gasteiger partial charge is 0.365 e. The number of hydrogen-bond donors (Lipinski definition) is 1. The molecule has 68 valence electrons. The van der Waals surface area contributed by atoms with Crippen molar-refractivity contribution in [2.75, 3.05) is 0 Å². The van der Waals surface area contributed by atoms with E-state index in [2.05, 4.69) is 4.98 Å². The molecule has 0 saturated heterocycles. The summed E-state index contributed by atoms with van der Waals surface area (Å²) in [6.07, 6.45) is 3.23. The number of H-pyrrole nitrogens is 1. The zero-order valence-electron chi connectivity index (χ0n) is 7.37. The molecule has 0 unspecified atom stereocenters. The van der Waals surface area contributed by atoms with E-state index in [0.29, 0.717) is 10.9 Å². The Balaban J connectivity index is 3.21. The van der Waals surface area contributed by atoms with Gasteiger partial charge in [0.15, 0.2) is 0 Å². The highest BCUT2D eigenvalue weighted by Gasteiger charge is 2.07. The summed E-state index contributed by atoms with van der Waals surface area (Å²) in [5, 5.41) is 0.532. The molecule has 5 nitrogen and oxygen atoms in total. The van der Waals surface area contributed by atoms with Crippen molar-refractivity contribution in [3.8, 4) is 0 Å². The lowest BCUT2D eigenvalue weighted by molar-refractivity contribution is 0.714. The van der Waals surface area contributed by atoms with Gasteiger partial charge in [-0.05, 0) is 0 Å². The maximum atomic E-state index is 11.5. The third-order valence-corrected chi connectivity index (χ3v) is 2.19. The maximum Gasteiger partial charge on any atom is 0.330 e. The van der Waals surface area contributed by atoms with E-state index >= 15 is 0 Å². The number of nitrogens with one attached hydrogen (secondary N) is 1. The van der Waals surface area contributed by atoms with Crippen LogP contribution in [0.1, 0.15) is 0 Å². The molecule has 0 aliphatic heterocycles. The Kier molecular flexibility index (Phi) is 1.42.